The summed E-state index contributed by atoms with van der Waals surface area (Å²) in [6.07, 6.45) is 4.14. The number of nitrogens with zero attached hydrogens (tertiary/aromatic N) is 3. The second kappa shape index (κ2) is 4.58. The van der Waals surface area contributed by atoms with Crippen LogP contribution < -0.4 is 0 Å². The maximum atomic E-state index is 5.10. The molecule has 4 heterocycles. The number of aromatic nitrogens is 2. The lowest BCUT2D eigenvalue weighted by atomic mass is 9.66. The average molecular weight is 295 g/mol. The first-order valence-corrected chi connectivity index (χ1v) is 8.95. The van der Waals surface area contributed by atoms with Gasteiger partial charge in [-0.05, 0) is 49.3 Å². The molecular formula is C19H25N3. The predicted molar refractivity (Wildman–Crippen MR) is 89.1 cm³/mol. The van der Waals surface area contributed by atoms with E-state index < -0.39 is 0 Å². The third-order valence-electron chi connectivity index (χ3n) is 6.43. The molecule has 5 atom stereocenters. The minimum Gasteiger partial charge on any atom is -0.326 e. The Morgan fingerprint density at radius 3 is 3.00 bits per heavy atom. The largest absolute Gasteiger partial charge is 0.326 e. The maximum Gasteiger partial charge on any atom is 0.114 e. The van der Waals surface area contributed by atoms with Crippen LogP contribution in [-0.4, -0.2) is 33.6 Å². The summed E-state index contributed by atoms with van der Waals surface area (Å²) in [5, 5.41) is 0. The van der Waals surface area contributed by atoms with Crippen LogP contribution in [0.1, 0.15) is 43.5 Å². The molecule has 2 saturated heterocycles. The van der Waals surface area contributed by atoms with Gasteiger partial charge < -0.3 is 4.57 Å². The highest BCUT2D eigenvalue weighted by Crippen LogP contribution is 2.49. The van der Waals surface area contributed by atoms with Gasteiger partial charge in [0.1, 0.15) is 5.82 Å². The fourth-order valence-corrected chi connectivity index (χ4v) is 5.55. The standard InChI is InChI=1S/C19H25N3/c1-3-14-9-13-10-15-18(14)21(11-13)6-7-22-17-8-12(2)4-5-16(17)20-19(15)22/h4-5,8,13-15,18H,3,6-7,9-11H2,1-2H3. The molecule has 4 aliphatic rings. The van der Waals surface area contributed by atoms with Crippen LogP contribution in [-0.2, 0) is 6.54 Å². The van der Waals surface area contributed by atoms with E-state index >= 15 is 0 Å². The monoisotopic (exact) mass is 295 g/mol. The van der Waals surface area contributed by atoms with Gasteiger partial charge in [-0.1, -0.05) is 19.4 Å². The Bertz CT molecular complexity index is 732. The van der Waals surface area contributed by atoms with Crippen molar-refractivity contribution in [2.75, 3.05) is 13.1 Å². The van der Waals surface area contributed by atoms with Crippen LogP contribution in [0.4, 0.5) is 0 Å². The van der Waals surface area contributed by atoms with E-state index in [2.05, 4.69) is 41.5 Å². The van der Waals surface area contributed by atoms with Crippen molar-refractivity contribution in [3.63, 3.8) is 0 Å². The number of imidazole rings is 1. The zero-order valence-electron chi connectivity index (χ0n) is 13.6. The second-order valence-electron chi connectivity index (χ2n) is 7.71. The molecule has 1 aromatic carbocycles. The summed E-state index contributed by atoms with van der Waals surface area (Å²) < 4.78 is 2.54. The number of fused-ring (bicyclic) bond motifs is 4. The Labute approximate surface area is 132 Å². The summed E-state index contributed by atoms with van der Waals surface area (Å²) in [5.74, 6) is 3.82. The topological polar surface area (TPSA) is 21.1 Å². The molecule has 4 bridgehead atoms. The highest BCUT2D eigenvalue weighted by molar-refractivity contribution is 5.77. The molecule has 1 aromatic heterocycles. The van der Waals surface area contributed by atoms with Crippen molar-refractivity contribution in [1.82, 2.24) is 14.5 Å². The molecule has 3 nitrogen and oxygen atoms in total. The van der Waals surface area contributed by atoms with Crippen molar-refractivity contribution in [1.29, 1.82) is 0 Å². The average Bonchev–Trinajstić information content (AvgIpc) is 2.85. The molecular weight excluding hydrogens is 270 g/mol. The molecule has 6 rings (SSSR count). The zero-order valence-corrected chi connectivity index (χ0v) is 13.6. The predicted octanol–water partition coefficient (Wildman–Crippen LogP) is 3.56. The van der Waals surface area contributed by atoms with E-state index in [1.54, 1.807) is 0 Å². The first kappa shape index (κ1) is 13.1. The van der Waals surface area contributed by atoms with Gasteiger partial charge in [-0.3, -0.25) is 4.90 Å². The Morgan fingerprint density at radius 2 is 2.14 bits per heavy atom. The molecule has 5 unspecified atom stereocenters. The lowest BCUT2D eigenvalue weighted by Crippen LogP contribution is -2.56. The fourth-order valence-electron chi connectivity index (χ4n) is 5.55. The number of hydrogen-bond donors (Lipinski definition) is 0. The van der Waals surface area contributed by atoms with Crippen molar-refractivity contribution in [3.8, 4) is 0 Å². The van der Waals surface area contributed by atoms with Gasteiger partial charge in [0.2, 0.25) is 0 Å². The molecule has 0 N–H and O–H groups in total. The summed E-state index contributed by atoms with van der Waals surface area (Å²) >= 11 is 0. The minimum atomic E-state index is 0.660. The molecule has 1 saturated carbocycles. The van der Waals surface area contributed by atoms with Gasteiger partial charge in [-0.2, -0.15) is 0 Å². The molecule has 3 aliphatic heterocycles. The van der Waals surface area contributed by atoms with E-state index in [-0.39, 0.29) is 0 Å². The van der Waals surface area contributed by atoms with Crippen LogP contribution in [0.2, 0.25) is 0 Å². The molecule has 116 valence electrons. The van der Waals surface area contributed by atoms with E-state index in [1.807, 2.05) is 0 Å². The molecule has 22 heavy (non-hydrogen) atoms. The first-order valence-electron chi connectivity index (χ1n) is 8.95. The van der Waals surface area contributed by atoms with Gasteiger partial charge in [0.15, 0.2) is 0 Å². The van der Waals surface area contributed by atoms with Crippen LogP contribution in [0, 0.1) is 18.8 Å². The number of aryl methyl sites for hydroxylation is 1. The van der Waals surface area contributed by atoms with E-state index in [0.717, 1.165) is 24.4 Å². The highest BCUT2D eigenvalue weighted by Gasteiger charge is 2.49. The number of hydrogen-bond acceptors (Lipinski definition) is 2. The summed E-state index contributed by atoms with van der Waals surface area (Å²) in [6.45, 7) is 8.23. The third-order valence-corrected chi connectivity index (χ3v) is 6.43. The summed E-state index contributed by atoms with van der Waals surface area (Å²) in [7, 11) is 0. The number of piperidine rings is 2. The summed E-state index contributed by atoms with van der Waals surface area (Å²) in [4.78, 5) is 7.90. The molecule has 2 aromatic rings. The maximum absolute atomic E-state index is 5.10. The van der Waals surface area contributed by atoms with E-state index in [1.165, 1.54) is 54.8 Å². The summed E-state index contributed by atoms with van der Waals surface area (Å²) in [5.41, 5.74) is 3.90. The van der Waals surface area contributed by atoms with Crippen LogP contribution >= 0.6 is 0 Å². The highest BCUT2D eigenvalue weighted by atomic mass is 15.2. The van der Waals surface area contributed by atoms with Crippen molar-refractivity contribution in [2.24, 2.45) is 11.8 Å². The number of rotatable bonds is 1. The Hall–Kier alpha value is -1.35. The molecule has 0 spiro atoms. The van der Waals surface area contributed by atoms with Gasteiger partial charge in [-0.15, -0.1) is 0 Å². The second-order valence-corrected chi connectivity index (χ2v) is 7.71. The first-order chi connectivity index (χ1) is 10.7. The van der Waals surface area contributed by atoms with Crippen LogP contribution in [0.15, 0.2) is 18.2 Å². The third kappa shape index (κ3) is 1.69. The van der Waals surface area contributed by atoms with Crippen LogP contribution in [0.5, 0.6) is 0 Å². The zero-order chi connectivity index (χ0) is 14.8. The lowest BCUT2D eigenvalue weighted by molar-refractivity contribution is -0.0134. The Balaban J connectivity index is 1.69. The molecule has 3 heteroatoms. The number of benzene rings is 1. The van der Waals surface area contributed by atoms with Crippen LogP contribution in [0.3, 0.4) is 0 Å². The Morgan fingerprint density at radius 1 is 1.23 bits per heavy atom. The van der Waals surface area contributed by atoms with Crippen molar-refractivity contribution in [3.05, 3.63) is 29.6 Å². The van der Waals surface area contributed by atoms with Gasteiger partial charge >= 0.3 is 0 Å². The van der Waals surface area contributed by atoms with Crippen molar-refractivity contribution in [2.45, 2.75) is 51.6 Å². The Kier molecular flexibility index (Phi) is 2.73. The lowest BCUT2D eigenvalue weighted by Gasteiger charge is -2.52. The smallest absolute Gasteiger partial charge is 0.114 e. The molecule has 0 amide bonds. The SMILES string of the molecule is CCC1CC2CC3c4nc5ccc(C)cc5n4CCN(C2)C13. The molecule has 3 fully saturated rings. The molecule has 1 aliphatic carbocycles. The van der Waals surface area contributed by atoms with Gasteiger partial charge in [0, 0.05) is 31.6 Å². The van der Waals surface area contributed by atoms with Gasteiger partial charge in [-0.25, -0.2) is 4.98 Å². The quantitative estimate of drug-likeness (QED) is 0.802. The van der Waals surface area contributed by atoms with Gasteiger partial charge in [0.05, 0.1) is 11.0 Å². The summed E-state index contributed by atoms with van der Waals surface area (Å²) in [6, 6.07) is 7.48. The minimum absolute atomic E-state index is 0.660. The van der Waals surface area contributed by atoms with Gasteiger partial charge in [0.25, 0.3) is 0 Å². The normalized spacial score (nSPS) is 36.4. The van der Waals surface area contributed by atoms with Crippen molar-refractivity contribution >= 4 is 11.0 Å². The van der Waals surface area contributed by atoms with E-state index in [9.17, 15) is 0 Å². The van der Waals surface area contributed by atoms with E-state index in [0.29, 0.717) is 5.92 Å². The van der Waals surface area contributed by atoms with Crippen molar-refractivity contribution < 1.29 is 0 Å². The molecule has 0 radical (unpaired) electrons. The van der Waals surface area contributed by atoms with Crippen LogP contribution in [0.25, 0.3) is 11.0 Å². The fraction of sp³-hybridized carbons (Fsp3) is 0.632. The van der Waals surface area contributed by atoms with E-state index in [4.69, 9.17) is 4.98 Å².